The van der Waals surface area contributed by atoms with E-state index in [0.29, 0.717) is 42.3 Å². The molecule has 8 heteroatoms. The lowest BCUT2D eigenvalue weighted by Crippen LogP contribution is -2.60. The Hall–Kier alpha value is -2.48. The van der Waals surface area contributed by atoms with Crippen LogP contribution in [0.25, 0.3) is 11.0 Å². The predicted molar refractivity (Wildman–Crippen MR) is 110 cm³/mol. The molecule has 0 radical (unpaired) electrons. The lowest BCUT2D eigenvalue weighted by atomic mass is 9.87. The van der Waals surface area contributed by atoms with Gasteiger partial charge in [0.15, 0.2) is 0 Å². The van der Waals surface area contributed by atoms with Gasteiger partial charge in [-0.3, -0.25) is 9.69 Å². The maximum absolute atomic E-state index is 13.5. The second kappa shape index (κ2) is 7.87. The van der Waals surface area contributed by atoms with Crippen LogP contribution in [0.5, 0.6) is 0 Å². The average molecular weight is 399 g/mol. The van der Waals surface area contributed by atoms with E-state index in [1.54, 1.807) is 11.1 Å². The summed E-state index contributed by atoms with van der Waals surface area (Å²) >= 11 is 5.99. The number of amides is 1. The molecule has 1 aromatic carbocycles. The second-order valence-electron chi connectivity index (χ2n) is 7.18. The standard InChI is InChI=1S/C20H23ClN6O/c21-15-3-1-14(2-4-15)6-12-27(19(28)20(22)7-10-23-11-8-20)18-16-5-9-24-17(16)25-13-26-18/h1-5,9,13,23H,6-8,10-12,22H2,(H,24,25,26). The first-order valence-corrected chi connectivity index (χ1v) is 9.79. The Balaban J connectivity index is 1.67. The van der Waals surface area contributed by atoms with Gasteiger partial charge in [-0.05, 0) is 56.1 Å². The lowest BCUT2D eigenvalue weighted by molar-refractivity contribution is -0.124. The zero-order chi connectivity index (χ0) is 19.6. The number of carbonyl (C=O) groups excluding carboxylic acids is 1. The van der Waals surface area contributed by atoms with Gasteiger partial charge in [0.05, 0.1) is 10.9 Å². The topological polar surface area (TPSA) is 99.9 Å². The number of aromatic nitrogens is 3. The summed E-state index contributed by atoms with van der Waals surface area (Å²) in [6, 6.07) is 9.54. The van der Waals surface area contributed by atoms with E-state index >= 15 is 0 Å². The molecule has 28 heavy (non-hydrogen) atoms. The third kappa shape index (κ3) is 3.73. The molecule has 1 amide bonds. The van der Waals surface area contributed by atoms with Crippen LogP contribution >= 0.6 is 11.6 Å². The zero-order valence-corrected chi connectivity index (χ0v) is 16.2. The number of hydrogen-bond acceptors (Lipinski definition) is 5. The van der Waals surface area contributed by atoms with Gasteiger partial charge in [0.25, 0.3) is 0 Å². The second-order valence-corrected chi connectivity index (χ2v) is 7.61. The Morgan fingerprint density at radius 3 is 2.68 bits per heavy atom. The number of halogens is 1. The van der Waals surface area contributed by atoms with Crippen molar-refractivity contribution in [2.45, 2.75) is 24.8 Å². The van der Waals surface area contributed by atoms with E-state index in [2.05, 4.69) is 20.3 Å². The van der Waals surface area contributed by atoms with Crippen LogP contribution in [0.2, 0.25) is 5.02 Å². The first kappa shape index (κ1) is 18.9. The molecule has 3 heterocycles. The molecule has 4 rings (SSSR count). The highest BCUT2D eigenvalue weighted by Gasteiger charge is 2.39. The summed E-state index contributed by atoms with van der Waals surface area (Å²) in [5.74, 6) is 0.498. The van der Waals surface area contributed by atoms with Gasteiger partial charge in [0.1, 0.15) is 17.8 Å². The average Bonchev–Trinajstić information content (AvgIpc) is 3.19. The smallest absolute Gasteiger partial charge is 0.248 e. The quantitative estimate of drug-likeness (QED) is 0.612. The van der Waals surface area contributed by atoms with Crippen molar-refractivity contribution in [3.8, 4) is 0 Å². The Morgan fingerprint density at radius 1 is 1.18 bits per heavy atom. The molecule has 0 atom stereocenters. The van der Waals surface area contributed by atoms with E-state index in [-0.39, 0.29) is 5.91 Å². The van der Waals surface area contributed by atoms with E-state index in [0.717, 1.165) is 24.0 Å². The molecule has 146 valence electrons. The maximum Gasteiger partial charge on any atom is 0.248 e. The van der Waals surface area contributed by atoms with E-state index < -0.39 is 5.54 Å². The molecule has 2 aromatic heterocycles. The van der Waals surface area contributed by atoms with Crippen molar-refractivity contribution in [1.29, 1.82) is 0 Å². The SMILES string of the molecule is NC1(C(=O)N(CCc2ccc(Cl)cc2)c2ncnc3[nH]ccc23)CCNCC1. The summed E-state index contributed by atoms with van der Waals surface area (Å²) in [6.07, 6.45) is 5.15. The molecule has 1 fully saturated rings. The van der Waals surface area contributed by atoms with Crippen LogP contribution in [0.1, 0.15) is 18.4 Å². The highest BCUT2D eigenvalue weighted by atomic mass is 35.5. The lowest BCUT2D eigenvalue weighted by Gasteiger charge is -2.37. The summed E-state index contributed by atoms with van der Waals surface area (Å²) in [5, 5.41) is 4.77. The molecule has 0 aliphatic carbocycles. The van der Waals surface area contributed by atoms with Crippen molar-refractivity contribution in [2.75, 3.05) is 24.5 Å². The van der Waals surface area contributed by atoms with Crippen LogP contribution in [0.4, 0.5) is 5.82 Å². The number of piperidine rings is 1. The van der Waals surface area contributed by atoms with Crippen molar-refractivity contribution in [3.63, 3.8) is 0 Å². The van der Waals surface area contributed by atoms with Crippen LogP contribution in [-0.2, 0) is 11.2 Å². The van der Waals surface area contributed by atoms with Gasteiger partial charge >= 0.3 is 0 Å². The number of nitrogens with one attached hydrogen (secondary N) is 2. The number of aromatic amines is 1. The number of nitrogens with zero attached hydrogens (tertiary/aromatic N) is 3. The normalized spacial score (nSPS) is 16.2. The Bertz CT molecular complexity index is 964. The highest BCUT2D eigenvalue weighted by Crippen LogP contribution is 2.27. The van der Waals surface area contributed by atoms with Crippen LogP contribution in [0.3, 0.4) is 0 Å². The molecule has 1 saturated heterocycles. The van der Waals surface area contributed by atoms with Gasteiger partial charge in [-0.1, -0.05) is 23.7 Å². The summed E-state index contributed by atoms with van der Waals surface area (Å²) in [5.41, 5.74) is 7.45. The van der Waals surface area contributed by atoms with Crippen LogP contribution < -0.4 is 16.0 Å². The molecule has 1 aliphatic heterocycles. The van der Waals surface area contributed by atoms with Gasteiger partial charge in [0.2, 0.25) is 5.91 Å². The summed E-state index contributed by atoms with van der Waals surface area (Å²) in [6.45, 7) is 1.94. The number of nitrogens with two attached hydrogens (primary N) is 1. The number of hydrogen-bond donors (Lipinski definition) is 3. The summed E-state index contributed by atoms with van der Waals surface area (Å²) in [7, 11) is 0. The number of anilines is 1. The van der Waals surface area contributed by atoms with Gasteiger partial charge in [0, 0.05) is 17.8 Å². The van der Waals surface area contributed by atoms with Gasteiger partial charge < -0.3 is 16.0 Å². The molecular formula is C20H23ClN6O. The third-order valence-electron chi connectivity index (χ3n) is 5.29. The fraction of sp³-hybridized carbons (Fsp3) is 0.350. The number of H-pyrrole nitrogens is 1. The number of carbonyl (C=O) groups is 1. The molecular weight excluding hydrogens is 376 g/mol. The summed E-state index contributed by atoms with van der Waals surface area (Å²) < 4.78 is 0. The van der Waals surface area contributed by atoms with Crippen LogP contribution in [0.15, 0.2) is 42.9 Å². The molecule has 0 bridgehead atoms. The predicted octanol–water partition coefficient (Wildman–Crippen LogP) is 2.27. The minimum Gasteiger partial charge on any atom is -0.346 e. The Kier molecular flexibility index (Phi) is 5.30. The minimum atomic E-state index is -0.890. The highest BCUT2D eigenvalue weighted by molar-refractivity contribution is 6.30. The fourth-order valence-corrected chi connectivity index (χ4v) is 3.75. The Morgan fingerprint density at radius 2 is 1.93 bits per heavy atom. The van der Waals surface area contributed by atoms with Crippen molar-refractivity contribution < 1.29 is 4.79 Å². The minimum absolute atomic E-state index is 0.0934. The van der Waals surface area contributed by atoms with E-state index in [1.165, 1.54) is 6.33 Å². The third-order valence-corrected chi connectivity index (χ3v) is 5.54. The largest absolute Gasteiger partial charge is 0.346 e. The van der Waals surface area contributed by atoms with Gasteiger partial charge in [-0.15, -0.1) is 0 Å². The van der Waals surface area contributed by atoms with Crippen molar-refractivity contribution in [1.82, 2.24) is 20.3 Å². The first-order valence-electron chi connectivity index (χ1n) is 9.41. The van der Waals surface area contributed by atoms with E-state index in [9.17, 15) is 4.79 Å². The number of fused-ring (bicyclic) bond motifs is 1. The molecule has 0 spiro atoms. The van der Waals surface area contributed by atoms with E-state index in [4.69, 9.17) is 17.3 Å². The summed E-state index contributed by atoms with van der Waals surface area (Å²) in [4.78, 5) is 27.0. The van der Waals surface area contributed by atoms with Crippen molar-refractivity contribution in [2.24, 2.45) is 5.73 Å². The molecule has 3 aromatic rings. The molecule has 0 unspecified atom stereocenters. The molecule has 7 nitrogen and oxygen atoms in total. The fourth-order valence-electron chi connectivity index (χ4n) is 3.62. The molecule has 4 N–H and O–H groups in total. The van der Waals surface area contributed by atoms with Gasteiger partial charge in [-0.25, -0.2) is 9.97 Å². The molecule has 1 aliphatic rings. The van der Waals surface area contributed by atoms with Crippen molar-refractivity contribution >= 4 is 34.4 Å². The van der Waals surface area contributed by atoms with E-state index in [1.807, 2.05) is 30.3 Å². The van der Waals surface area contributed by atoms with Crippen LogP contribution in [-0.4, -0.2) is 46.0 Å². The Labute approximate surface area is 168 Å². The number of rotatable bonds is 5. The zero-order valence-electron chi connectivity index (χ0n) is 15.5. The monoisotopic (exact) mass is 398 g/mol. The van der Waals surface area contributed by atoms with Gasteiger partial charge in [-0.2, -0.15) is 0 Å². The molecule has 0 saturated carbocycles. The first-order chi connectivity index (χ1) is 13.6. The number of benzene rings is 1. The maximum atomic E-state index is 13.5. The van der Waals surface area contributed by atoms with Crippen molar-refractivity contribution in [3.05, 3.63) is 53.4 Å². The van der Waals surface area contributed by atoms with Crippen LogP contribution in [0, 0.1) is 0 Å².